The third-order valence-electron chi connectivity index (χ3n) is 16.8. The van der Waals surface area contributed by atoms with Crippen LogP contribution in [-0.2, 0) is 47.6 Å². The van der Waals surface area contributed by atoms with E-state index in [0.717, 1.165) is 86.6 Å². The molecule has 3 amide bonds. The second-order valence-corrected chi connectivity index (χ2v) is 28.5. The molecule has 2 heterocycles. The molecule has 528 valence electrons. The van der Waals surface area contributed by atoms with Gasteiger partial charge in [0.2, 0.25) is 5.91 Å². The second-order valence-electron chi connectivity index (χ2n) is 28.5. The summed E-state index contributed by atoms with van der Waals surface area (Å²) in [6, 6.07) is 41.9. The quantitative estimate of drug-likeness (QED) is 0.0227. The van der Waals surface area contributed by atoms with Crippen molar-refractivity contribution >= 4 is 35.4 Å². The smallest absolute Gasteiger partial charge is 0.329 e. The van der Waals surface area contributed by atoms with E-state index >= 15 is 0 Å². The zero-order valence-electron chi connectivity index (χ0n) is 60.4. The molecule has 0 saturated carbocycles. The number of rotatable bonds is 32. The molecular weight excluding hydrogens is 1250 g/mol. The molecule has 0 bridgehead atoms. The molecule has 17 heteroatoms. The van der Waals surface area contributed by atoms with Gasteiger partial charge in [0.25, 0.3) is 11.8 Å². The summed E-state index contributed by atoms with van der Waals surface area (Å²) in [5.74, 6) is -0.776. The predicted molar refractivity (Wildman–Crippen MR) is 395 cm³/mol. The number of ketones is 1. The lowest BCUT2D eigenvalue weighted by molar-refractivity contribution is -0.159. The predicted octanol–water partition coefficient (Wildman–Crippen LogP) is 16.5. The molecule has 2 aromatic heterocycles. The van der Waals surface area contributed by atoms with Gasteiger partial charge >= 0.3 is 11.9 Å². The molecule has 6 aromatic carbocycles. The Morgan fingerprint density at radius 3 is 1.13 bits per heavy atom. The zero-order chi connectivity index (χ0) is 72.4. The summed E-state index contributed by atoms with van der Waals surface area (Å²) in [4.78, 5) is 95.5. The van der Waals surface area contributed by atoms with Crippen LogP contribution in [0.5, 0.6) is 11.5 Å². The van der Waals surface area contributed by atoms with Crippen molar-refractivity contribution in [2.45, 2.75) is 201 Å². The van der Waals surface area contributed by atoms with Gasteiger partial charge in [-0.25, -0.2) is 29.5 Å². The highest BCUT2D eigenvalue weighted by Crippen LogP contribution is 2.28. The van der Waals surface area contributed by atoms with Gasteiger partial charge in [-0.2, -0.15) is 0 Å². The number of Topliss-reactive ketones (excluding diaryl/α,β-unsaturated/α-hetero) is 1. The Labute approximate surface area is 591 Å². The number of aromatic nitrogens is 4. The molecule has 1 unspecified atom stereocenters. The Bertz CT molecular complexity index is 3900. The van der Waals surface area contributed by atoms with Crippen LogP contribution in [0.3, 0.4) is 0 Å². The molecular formula is C83H101N7O10. The van der Waals surface area contributed by atoms with Crippen LogP contribution in [0.1, 0.15) is 197 Å². The first-order chi connectivity index (χ1) is 47.7. The lowest BCUT2D eigenvalue weighted by atomic mass is 9.86. The van der Waals surface area contributed by atoms with E-state index in [9.17, 15) is 33.9 Å². The van der Waals surface area contributed by atoms with E-state index in [4.69, 9.17) is 14.2 Å². The van der Waals surface area contributed by atoms with Gasteiger partial charge in [-0.15, -0.1) is 0 Å². The Kier molecular flexibility index (Phi) is 28.9. The summed E-state index contributed by atoms with van der Waals surface area (Å²) < 4.78 is 17.3. The molecule has 0 saturated heterocycles. The third-order valence-corrected chi connectivity index (χ3v) is 16.8. The fourth-order valence-corrected chi connectivity index (χ4v) is 10.8. The van der Waals surface area contributed by atoms with Crippen molar-refractivity contribution in [3.8, 4) is 56.5 Å². The molecule has 0 fully saturated rings. The third kappa shape index (κ3) is 25.1. The number of hydrogen-bond acceptors (Lipinski definition) is 13. The molecule has 0 spiro atoms. The molecule has 100 heavy (non-hydrogen) atoms. The molecule has 4 N–H and O–H groups in total. The van der Waals surface area contributed by atoms with Crippen LogP contribution in [0.15, 0.2) is 170 Å². The van der Waals surface area contributed by atoms with E-state index in [1.807, 2.05) is 121 Å². The van der Waals surface area contributed by atoms with Gasteiger partial charge in [-0.3, -0.25) is 19.2 Å². The van der Waals surface area contributed by atoms with Crippen LogP contribution in [0, 0.1) is 0 Å². The molecule has 0 radical (unpaired) electrons. The maximum atomic E-state index is 13.8. The standard InChI is InChI=1S/C46H58N4O6.C37H43N3O4/c1-9-10-11-12-13-26-55-38-24-20-33(21-25-38)36-29-47-41(48-30-36)34-16-14-32(15-17-34)28-39(49-42(52)35-18-22-37(23-19-35)45(3,4)5)43(53)50-40(27-31(2)51)44(54)56-46(6,7)8;1-5-6-7-8-9-22-44-32-20-16-27(17-21-32)30-24-38-34(39-25-30)28-12-10-26(11-13-28)23-33(36(42)43)40-35(41)29-14-18-31(19-15-29)37(2,3)4/h14-25,29-30,39-40H,9-13,26-28H2,1-8H3,(H,49,52)(H,50,53);10-21,24-25,33H,5-9,22-23H2,1-4H3,(H,40,41)(H,42,43)/t39-,40?;33-/m00/s1. The van der Waals surface area contributed by atoms with Gasteiger partial charge in [-0.1, -0.05) is 204 Å². The summed E-state index contributed by atoms with van der Waals surface area (Å²) in [5.41, 5.74) is 8.92. The zero-order valence-corrected chi connectivity index (χ0v) is 60.4. The number of unbranched alkanes of at least 4 members (excludes halogenated alkanes) is 8. The number of carboxylic acid groups (broad SMARTS) is 1. The highest BCUT2D eigenvalue weighted by molar-refractivity contribution is 5.99. The number of amides is 3. The van der Waals surface area contributed by atoms with Crippen molar-refractivity contribution < 1.29 is 48.1 Å². The molecule has 0 aliphatic carbocycles. The summed E-state index contributed by atoms with van der Waals surface area (Å²) in [7, 11) is 0. The van der Waals surface area contributed by atoms with Crippen molar-refractivity contribution in [3.05, 3.63) is 204 Å². The van der Waals surface area contributed by atoms with Crippen LogP contribution in [0.2, 0.25) is 0 Å². The Hall–Kier alpha value is -9.90. The first-order valence-corrected chi connectivity index (χ1v) is 35.0. The summed E-state index contributed by atoms with van der Waals surface area (Å²) >= 11 is 0. The number of carbonyl (C=O) groups excluding carboxylic acids is 5. The average molecular weight is 1360 g/mol. The SMILES string of the molecule is CCCCCCCOc1ccc(-c2cnc(-c3ccc(C[C@H](NC(=O)c4ccc(C(C)(C)C)cc4)C(=O)NC(CC(C)=O)C(=O)OC(C)(C)C)cc3)nc2)cc1.CCCCCCCOc1ccc(-c2cnc(-c3ccc(C[C@H](NC(=O)c4ccc(C(C)(C)C)cc4)C(=O)O)cc3)nc2)cc1. The molecule has 0 aliphatic rings. The monoisotopic (exact) mass is 1360 g/mol. The van der Waals surface area contributed by atoms with Crippen molar-refractivity contribution in [1.82, 2.24) is 35.9 Å². The van der Waals surface area contributed by atoms with Crippen LogP contribution in [0.25, 0.3) is 45.0 Å². The van der Waals surface area contributed by atoms with Gasteiger partial charge in [0.05, 0.1) is 13.2 Å². The number of aliphatic carboxylic acids is 1. The Morgan fingerprint density at radius 2 is 0.780 bits per heavy atom. The number of nitrogens with one attached hydrogen (secondary N) is 3. The van der Waals surface area contributed by atoms with Gasteiger partial charge < -0.3 is 35.3 Å². The van der Waals surface area contributed by atoms with E-state index in [0.29, 0.717) is 29.4 Å². The minimum absolute atomic E-state index is 0.0352. The van der Waals surface area contributed by atoms with Crippen molar-refractivity contribution in [3.63, 3.8) is 0 Å². The molecule has 8 aromatic rings. The number of carbonyl (C=O) groups is 6. The summed E-state index contributed by atoms with van der Waals surface area (Å²) in [5, 5.41) is 18.0. The first kappa shape index (κ1) is 77.5. The fourth-order valence-electron chi connectivity index (χ4n) is 10.8. The van der Waals surface area contributed by atoms with Crippen LogP contribution in [0.4, 0.5) is 0 Å². The number of benzene rings is 6. The van der Waals surface area contributed by atoms with Crippen LogP contribution in [-0.4, -0.2) is 97.4 Å². The summed E-state index contributed by atoms with van der Waals surface area (Å²) in [6.45, 7) is 24.9. The first-order valence-electron chi connectivity index (χ1n) is 35.0. The van der Waals surface area contributed by atoms with Crippen molar-refractivity contribution in [2.24, 2.45) is 0 Å². The lowest BCUT2D eigenvalue weighted by Gasteiger charge is -2.26. The maximum Gasteiger partial charge on any atom is 0.329 e. The van der Waals surface area contributed by atoms with Crippen molar-refractivity contribution in [1.29, 1.82) is 0 Å². The maximum absolute atomic E-state index is 13.8. The van der Waals surface area contributed by atoms with E-state index in [2.05, 4.69) is 91.3 Å². The number of nitrogens with zero attached hydrogens (tertiary/aromatic N) is 4. The molecule has 17 nitrogen and oxygen atoms in total. The number of esters is 1. The Balaban J connectivity index is 0.000000289. The van der Waals surface area contributed by atoms with E-state index < -0.39 is 53.4 Å². The fraction of sp³-hybridized carbons (Fsp3) is 0.398. The van der Waals surface area contributed by atoms with E-state index in [1.165, 1.54) is 58.3 Å². The number of ether oxygens (including phenoxy) is 3. The van der Waals surface area contributed by atoms with Gasteiger partial charge in [0, 0.05) is 77.4 Å². The van der Waals surface area contributed by atoms with Crippen LogP contribution >= 0.6 is 0 Å². The van der Waals surface area contributed by atoms with Gasteiger partial charge in [0.1, 0.15) is 41.0 Å². The highest BCUT2D eigenvalue weighted by Gasteiger charge is 2.32. The van der Waals surface area contributed by atoms with Gasteiger partial charge in [0.15, 0.2) is 11.6 Å². The molecule has 8 rings (SSSR count). The summed E-state index contributed by atoms with van der Waals surface area (Å²) in [6.07, 6.45) is 19.2. The normalized spacial score (nSPS) is 12.4. The van der Waals surface area contributed by atoms with E-state index in [-0.39, 0.29) is 35.9 Å². The molecule has 0 aliphatic heterocycles. The lowest BCUT2D eigenvalue weighted by Crippen LogP contribution is -2.53. The van der Waals surface area contributed by atoms with Crippen LogP contribution < -0.4 is 25.4 Å². The van der Waals surface area contributed by atoms with Gasteiger partial charge in [-0.05, 0) is 133 Å². The average Bonchev–Trinajstić information content (AvgIpc) is 0.847. The number of carboxylic acids is 1. The topological polar surface area (TPSA) is 238 Å². The second kappa shape index (κ2) is 37.3. The Morgan fingerprint density at radius 1 is 0.420 bits per heavy atom. The minimum Gasteiger partial charge on any atom is -0.494 e. The van der Waals surface area contributed by atoms with Crippen molar-refractivity contribution in [2.75, 3.05) is 13.2 Å². The highest BCUT2D eigenvalue weighted by atomic mass is 16.6. The minimum atomic E-state index is -1.22. The molecule has 3 atom stereocenters. The largest absolute Gasteiger partial charge is 0.494 e. The number of hydrogen-bond donors (Lipinski definition) is 4. The van der Waals surface area contributed by atoms with E-state index in [1.54, 1.807) is 69.8 Å².